The average molecular weight is 566 g/mol. The molecule has 0 radical (unpaired) electrons. The van der Waals surface area contributed by atoms with Crippen LogP contribution >= 0.6 is 34.3 Å². The molecular weight excluding hydrogens is 546 g/mol. The summed E-state index contributed by atoms with van der Waals surface area (Å²) in [6.45, 7) is 0. The number of hydrogen-bond donors (Lipinski definition) is 1. The van der Waals surface area contributed by atoms with Gasteiger partial charge in [0.2, 0.25) is 5.91 Å². The molecule has 1 aliphatic heterocycles. The smallest absolute Gasteiger partial charge is 0.269 e. The first-order valence-electron chi connectivity index (χ1n) is 11.5. The summed E-state index contributed by atoms with van der Waals surface area (Å²) >= 11 is 8.74. The van der Waals surface area contributed by atoms with Crippen LogP contribution in [0.1, 0.15) is 42.4 Å². The first-order chi connectivity index (χ1) is 18.3. The number of likely N-dealkylation sites (tertiary alicyclic amines) is 1. The van der Waals surface area contributed by atoms with Crippen molar-refractivity contribution in [2.45, 2.75) is 18.0 Å². The number of amides is 2. The van der Waals surface area contributed by atoms with Gasteiger partial charge in [0.05, 0.1) is 21.8 Å². The quantitative estimate of drug-likeness (QED) is 0.175. The molecule has 1 fully saturated rings. The molecule has 11 heteroatoms. The highest BCUT2D eigenvalue weighted by Gasteiger charge is 2.57. The van der Waals surface area contributed by atoms with E-state index >= 15 is 0 Å². The maximum atomic E-state index is 14.3. The molecule has 0 spiro atoms. The number of ketones is 1. The van der Waals surface area contributed by atoms with Gasteiger partial charge in [0.15, 0.2) is 5.78 Å². The van der Waals surface area contributed by atoms with E-state index < -0.39 is 40.7 Å². The zero-order valence-corrected chi connectivity index (χ0v) is 22.0. The van der Waals surface area contributed by atoms with Gasteiger partial charge >= 0.3 is 0 Å². The average Bonchev–Trinajstić information content (AvgIpc) is 3.67. The van der Waals surface area contributed by atoms with Crippen molar-refractivity contribution in [1.82, 2.24) is 4.90 Å². The van der Waals surface area contributed by atoms with Gasteiger partial charge in [0.25, 0.3) is 11.6 Å². The Morgan fingerprint density at radius 3 is 2.32 bits per heavy atom. The van der Waals surface area contributed by atoms with Crippen molar-refractivity contribution in [3.8, 4) is 0 Å². The van der Waals surface area contributed by atoms with Gasteiger partial charge in [-0.15, -0.1) is 22.7 Å². The number of hydrogen-bond acceptors (Lipinski definition) is 7. The summed E-state index contributed by atoms with van der Waals surface area (Å²) in [5, 5.41) is 15.5. The van der Waals surface area contributed by atoms with Gasteiger partial charge in [0, 0.05) is 33.5 Å². The highest BCUT2D eigenvalue weighted by molar-refractivity contribution is 7.12. The maximum absolute atomic E-state index is 14.3. The monoisotopic (exact) mass is 565 g/mol. The molecular formula is C27H20ClN3O5S2. The van der Waals surface area contributed by atoms with Crippen LogP contribution in [0, 0.1) is 16.0 Å². The number of primary amides is 1. The third-order valence-corrected chi connectivity index (χ3v) is 8.70. The van der Waals surface area contributed by atoms with Gasteiger partial charge in [-0.05, 0) is 40.6 Å². The molecule has 3 heterocycles. The van der Waals surface area contributed by atoms with Crippen LogP contribution in [0.25, 0.3) is 0 Å². The molecule has 192 valence electrons. The third kappa shape index (κ3) is 4.62. The number of rotatable bonds is 7. The van der Waals surface area contributed by atoms with E-state index in [-0.39, 0.29) is 11.5 Å². The zero-order valence-electron chi connectivity index (χ0n) is 19.6. The van der Waals surface area contributed by atoms with Crippen molar-refractivity contribution in [3.63, 3.8) is 0 Å². The number of nitrogens with zero attached hydrogens (tertiary/aromatic N) is 2. The summed E-state index contributed by atoms with van der Waals surface area (Å²) in [4.78, 5) is 54.8. The summed E-state index contributed by atoms with van der Waals surface area (Å²) < 4.78 is 0. The number of nitrogens with two attached hydrogens (primary N) is 1. The summed E-state index contributed by atoms with van der Waals surface area (Å²) in [6, 6.07) is 17.0. The van der Waals surface area contributed by atoms with E-state index in [4.69, 9.17) is 17.3 Å². The topological polar surface area (TPSA) is 124 Å². The minimum Gasteiger partial charge on any atom is -0.368 e. The van der Waals surface area contributed by atoms with Crippen LogP contribution in [0.3, 0.4) is 0 Å². The molecule has 38 heavy (non-hydrogen) atoms. The lowest BCUT2D eigenvalue weighted by molar-refractivity contribution is -0.385. The number of carbonyl (C=O) groups is 3. The van der Waals surface area contributed by atoms with Gasteiger partial charge in [-0.2, -0.15) is 0 Å². The van der Waals surface area contributed by atoms with Gasteiger partial charge in [-0.25, -0.2) is 0 Å². The predicted molar refractivity (Wildman–Crippen MR) is 146 cm³/mol. The lowest BCUT2D eigenvalue weighted by Crippen LogP contribution is -2.46. The molecule has 1 aliphatic rings. The van der Waals surface area contributed by atoms with Crippen molar-refractivity contribution in [2.75, 3.05) is 0 Å². The molecule has 4 atom stereocenters. The predicted octanol–water partition coefficient (Wildman–Crippen LogP) is 5.71. The Kier molecular flexibility index (Phi) is 7.11. The van der Waals surface area contributed by atoms with Crippen molar-refractivity contribution in [3.05, 3.63) is 120 Å². The molecule has 8 nitrogen and oxygen atoms in total. The van der Waals surface area contributed by atoms with Crippen molar-refractivity contribution < 1.29 is 19.3 Å². The van der Waals surface area contributed by atoms with E-state index in [2.05, 4.69) is 0 Å². The maximum Gasteiger partial charge on any atom is 0.269 e. The second-order valence-electron chi connectivity index (χ2n) is 8.78. The fourth-order valence-electron chi connectivity index (χ4n) is 5.15. The van der Waals surface area contributed by atoms with Gasteiger partial charge in [-0.3, -0.25) is 24.5 Å². The molecule has 0 saturated carbocycles. The van der Waals surface area contributed by atoms with Crippen molar-refractivity contribution in [2.24, 2.45) is 11.7 Å². The molecule has 2 aromatic carbocycles. The van der Waals surface area contributed by atoms with Crippen molar-refractivity contribution >= 4 is 57.6 Å². The molecule has 0 aliphatic carbocycles. The number of thiophene rings is 2. The Morgan fingerprint density at radius 2 is 1.68 bits per heavy atom. The lowest BCUT2D eigenvalue weighted by atomic mass is 9.78. The number of Topliss-reactive ketones (excluding diaryl/α,β-unsaturated/α-hetero) is 1. The molecule has 4 aromatic rings. The highest BCUT2D eigenvalue weighted by Crippen LogP contribution is 2.53. The van der Waals surface area contributed by atoms with E-state index in [0.29, 0.717) is 25.9 Å². The molecule has 0 bridgehead atoms. The van der Waals surface area contributed by atoms with Gasteiger partial charge in [-0.1, -0.05) is 48.0 Å². The number of nitro benzene ring substituents is 1. The van der Waals surface area contributed by atoms with E-state index in [1.165, 1.54) is 51.8 Å². The molecule has 1 saturated heterocycles. The summed E-state index contributed by atoms with van der Waals surface area (Å²) in [5.74, 6) is -3.37. The third-order valence-electron chi connectivity index (χ3n) is 6.63. The van der Waals surface area contributed by atoms with Crippen LogP contribution in [0.2, 0.25) is 5.02 Å². The van der Waals surface area contributed by atoms with Gasteiger partial charge in [0.1, 0.15) is 6.04 Å². The summed E-state index contributed by atoms with van der Waals surface area (Å²) in [7, 11) is 0. The van der Waals surface area contributed by atoms with Crippen LogP contribution in [0.15, 0.2) is 83.6 Å². The van der Waals surface area contributed by atoms with E-state index in [1.807, 2.05) is 5.38 Å². The van der Waals surface area contributed by atoms with E-state index in [0.717, 1.165) is 0 Å². The minimum absolute atomic E-state index is 0.199. The second-order valence-corrected chi connectivity index (χ2v) is 11.1. The van der Waals surface area contributed by atoms with E-state index in [9.17, 15) is 24.5 Å². The molecule has 2 N–H and O–H groups in total. The largest absolute Gasteiger partial charge is 0.368 e. The van der Waals surface area contributed by atoms with Crippen LogP contribution in [0.4, 0.5) is 5.69 Å². The summed E-state index contributed by atoms with van der Waals surface area (Å²) in [5.41, 5.74) is 6.41. The number of carbonyl (C=O) groups excluding carboxylic acids is 3. The second kappa shape index (κ2) is 10.5. The summed E-state index contributed by atoms with van der Waals surface area (Å²) in [6.07, 6.45) is 0. The van der Waals surface area contributed by atoms with Crippen LogP contribution in [-0.2, 0) is 4.79 Å². The Bertz CT molecular complexity index is 1520. The lowest BCUT2D eigenvalue weighted by Gasteiger charge is -2.30. The Hall–Kier alpha value is -3.86. The minimum atomic E-state index is -1.18. The van der Waals surface area contributed by atoms with Crippen LogP contribution in [-0.4, -0.2) is 33.5 Å². The standard InChI is InChI=1S/C27H20ClN3O5S2/c28-17-7-1-6-16(13-17)25(32)22-21(19-9-3-11-37-19)24(26(29)33)30(27(34)20-10-4-12-38-20)23(22)15-5-2-8-18(14-15)31(35)36/h1-14,21-24H,(H2,29,33). The highest BCUT2D eigenvalue weighted by atomic mass is 35.5. The van der Waals surface area contributed by atoms with Crippen LogP contribution in [0.5, 0.6) is 0 Å². The number of halogens is 1. The number of non-ortho nitro benzene ring substituents is 1. The van der Waals surface area contributed by atoms with Crippen LogP contribution < -0.4 is 5.73 Å². The normalized spacial score (nSPS) is 20.8. The Balaban J connectivity index is 1.78. The number of nitro groups is 1. The molecule has 4 unspecified atom stereocenters. The molecule has 5 rings (SSSR count). The van der Waals surface area contributed by atoms with E-state index in [1.54, 1.807) is 53.9 Å². The zero-order chi connectivity index (χ0) is 27.0. The van der Waals surface area contributed by atoms with Gasteiger partial charge < -0.3 is 10.6 Å². The first-order valence-corrected chi connectivity index (χ1v) is 13.6. The Labute approximate surface area is 230 Å². The Morgan fingerprint density at radius 1 is 0.947 bits per heavy atom. The molecule has 2 amide bonds. The molecule has 2 aromatic heterocycles. The first kappa shape index (κ1) is 25.8. The fourth-order valence-corrected chi connectivity index (χ4v) is 6.91. The fraction of sp³-hybridized carbons (Fsp3) is 0.148. The SMILES string of the molecule is NC(=O)C1C(c2cccs2)C(C(=O)c2cccc(Cl)c2)C(c2cccc([N+](=O)[O-])c2)N1C(=O)c1cccs1. The van der Waals surface area contributed by atoms with Crippen molar-refractivity contribution in [1.29, 1.82) is 0 Å². The number of benzene rings is 2.